The van der Waals surface area contributed by atoms with Crippen LogP contribution in [0.5, 0.6) is 0 Å². The lowest BCUT2D eigenvalue weighted by Crippen LogP contribution is -2.10. The molecule has 1 aliphatic carbocycles. The van der Waals surface area contributed by atoms with Gasteiger partial charge in [0.25, 0.3) is 0 Å². The van der Waals surface area contributed by atoms with Gasteiger partial charge in [-0.15, -0.1) is 11.3 Å². The van der Waals surface area contributed by atoms with Crippen LogP contribution in [0.15, 0.2) is 5.38 Å². The number of hydrogen-bond acceptors (Lipinski definition) is 2. The molecular formula is C14H23NS. The average Bonchev–Trinajstić information content (AvgIpc) is 2.78. The Morgan fingerprint density at radius 1 is 1.38 bits per heavy atom. The molecule has 1 aliphatic rings. The Labute approximate surface area is 103 Å². The van der Waals surface area contributed by atoms with Gasteiger partial charge in [-0.25, -0.2) is 4.98 Å². The minimum absolute atomic E-state index is 0.632. The van der Waals surface area contributed by atoms with Gasteiger partial charge in [0.15, 0.2) is 0 Å². The van der Waals surface area contributed by atoms with Crippen LogP contribution in [-0.4, -0.2) is 4.98 Å². The van der Waals surface area contributed by atoms with Crippen molar-refractivity contribution in [2.24, 2.45) is 5.92 Å². The third kappa shape index (κ3) is 2.65. The molecule has 0 N–H and O–H groups in total. The standard InChI is InChI=1S/C14H23NS/c1-4-11(3)13-9-16-14(15-13)12-7-5-10(2)6-8-12/h9-12H,4-8H2,1-3H3. The first kappa shape index (κ1) is 12.1. The zero-order valence-corrected chi connectivity index (χ0v) is 11.5. The Bertz CT molecular complexity index is 323. The van der Waals surface area contributed by atoms with E-state index in [0.717, 1.165) is 11.8 Å². The minimum Gasteiger partial charge on any atom is -0.246 e. The molecule has 1 unspecified atom stereocenters. The molecule has 1 aromatic rings. The van der Waals surface area contributed by atoms with E-state index in [-0.39, 0.29) is 0 Å². The van der Waals surface area contributed by atoms with Gasteiger partial charge in [0.05, 0.1) is 10.7 Å². The predicted octanol–water partition coefficient (Wildman–Crippen LogP) is 4.95. The molecule has 0 amide bonds. The fourth-order valence-corrected chi connectivity index (χ4v) is 3.54. The van der Waals surface area contributed by atoms with E-state index in [0.29, 0.717) is 5.92 Å². The highest BCUT2D eigenvalue weighted by molar-refractivity contribution is 7.09. The molecule has 0 spiro atoms. The lowest BCUT2D eigenvalue weighted by atomic mass is 9.83. The summed E-state index contributed by atoms with van der Waals surface area (Å²) >= 11 is 1.89. The Kier molecular flexibility index (Phi) is 4.01. The first-order valence-electron chi connectivity index (χ1n) is 6.66. The summed E-state index contributed by atoms with van der Waals surface area (Å²) in [5.41, 5.74) is 1.32. The van der Waals surface area contributed by atoms with E-state index in [4.69, 9.17) is 4.98 Å². The maximum absolute atomic E-state index is 4.85. The topological polar surface area (TPSA) is 12.9 Å². The summed E-state index contributed by atoms with van der Waals surface area (Å²) in [6, 6.07) is 0. The molecule has 1 nitrogen and oxygen atoms in total. The number of thiazole rings is 1. The first-order chi connectivity index (χ1) is 7.70. The van der Waals surface area contributed by atoms with Gasteiger partial charge >= 0.3 is 0 Å². The zero-order chi connectivity index (χ0) is 11.5. The molecule has 16 heavy (non-hydrogen) atoms. The van der Waals surface area contributed by atoms with Crippen LogP contribution in [0.3, 0.4) is 0 Å². The Balaban J connectivity index is 2.01. The smallest absolute Gasteiger partial charge is 0.0959 e. The van der Waals surface area contributed by atoms with E-state index in [1.165, 1.54) is 42.8 Å². The number of hydrogen-bond donors (Lipinski definition) is 0. The van der Waals surface area contributed by atoms with Crippen molar-refractivity contribution in [3.8, 4) is 0 Å². The lowest BCUT2D eigenvalue weighted by molar-refractivity contribution is 0.347. The molecule has 0 bridgehead atoms. The van der Waals surface area contributed by atoms with Crippen molar-refractivity contribution in [3.05, 3.63) is 16.1 Å². The summed E-state index contributed by atoms with van der Waals surface area (Å²) in [6.07, 6.45) is 6.69. The van der Waals surface area contributed by atoms with Crippen molar-refractivity contribution in [2.75, 3.05) is 0 Å². The van der Waals surface area contributed by atoms with E-state index in [2.05, 4.69) is 26.2 Å². The monoisotopic (exact) mass is 237 g/mol. The molecule has 1 atom stereocenters. The molecular weight excluding hydrogens is 214 g/mol. The van der Waals surface area contributed by atoms with Crippen molar-refractivity contribution >= 4 is 11.3 Å². The van der Waals surface area contributed by atoms with E-state index < -0.39 is 0 Å². The van der Waals surface area contributed by atoms with Gasteiger partial charge < -0.3 is 0 Å². The van der Waals surface area contributed by atoms with E-state index >= 15 is 0 Å². The van der Waals surface area contributed by atoms with Gasteiger partial charge in [0.1, 0.15) is 0 Å². The second kappa shape index (κ2) is 5.31. The second-order valence-electron chi connectivity index (χ2n) is 5.38. The molecule has 90 valence electrons. The highest BCUT2D eigenvalue weighted by atomic mass is 32.1. The SMILES string of the molecule is CCC(C)c1csc(C2CCC(C)CC2)n1. The molecule has 0 aliphatic heterocycles. The van der Waals surface area contributed by atoms with Gasteiger partial charge in [-0.05, 0) is 31.1 Å². The molecule has 0 saturated heterocycles. The van der Waals surface area contributed by atoms with E-state index in [1.54, 1.807) is 0 Å². The van der Waals surface area contributed by atoms with Crippen LogP contribution >= 0.6 is 11.3 Å². The summed E-state index contributed by atoms with van der Waals surface area (Å²) < 4.78 is 0. The number of nitrogens with zero attached hydrogens (tertiary/aromatic N) is 1. The minimum atomic E-state index is 0.632. The van der Waals surface area contributed by atoms with Crippen LogP contribution < -0.4 is 0 Å². The Hall–Kier alpha value is -0.370. The third-order valence-corrected chi connectivity index (χ3v) is 5.05. The van der Waals surface area contributed by atoms with Crippen molar-refractivity contribution in [3.63, 3.8) is 0 Å². The molecule has 1 saturated carbocycles. The summed E-state index contributed by atoms with van der Waals surface area (Å²) in [5, 5.41) is 3.68. The van der Waals surface area contributed by atoms with Crippen LogP contribution in [0.2, 0.25) is 0 Å². The summed E-state index contributed by atoms with van der Waals surface area (Å²) in [6.45, 7) is 6.90. The number of aromatic nitrogens is 1. The van der Waals surface area contributed by atoms with Gasteiger partial charge in [-0.3, -0.25) is 0 Å². The van der Waals surface area contributed by atoms with Crippen molar-refractivity contribution in [1.82, 2.24) is 4.98 Å². The largest absolute Gasteiger partial charge is 0.246 e. The molecule has 0 radical (unpaired) electrons. The summed E-state index contributed by atoms with van der Waals surface area (Å²) in [7, 11) is 0. The highest BCUT2D eigenvalue weighted by Crippen LogP contribution is 2.37. The Morgan fingerprint density at radius 3 is 2.69 bits per heavy atom. The van der Waals surface area contributed by atoms with Gasteiger partial charge in [0, 0.05) is 11.3 Å². The molecule has 1 fully saturated rings. The van der Waals surface area contributed by atoms with Gasteiger partial charge in [-0.2, -0.15) is 0 Å². The molecule has 1 aromatic heterocycles. The summed E-state index contributed by atoms with van der Waals surface area (Å²) in [5.74, 6) is 2.33. The first-order valence-corrected chi connectivity index (χ1v) is 7.54. The van der Waals surface area contributed by atoms with Crippen LogP contribution in [0.1, 0.15) is 75.4 Å². The lowest BCUT2D eigenvalue weighted by Gasteiger charge is -2.24. The second-order valence-corrected chi connectivity index (χ2v) is 6.27. The van der Waals surface area contributed by atoms with Crippen LogP contribution in [0, 0.1) is 5.92 Å². The maximum Gasteiger partial charge on any atom is 0.0959 e. The van der Waals surface area contributed by atoms with Gasteiger partial charge in [0.2, 0.25) is 0 Å². The van der Waals surface area contributed by atoms with E-state index in [9.17, 15) is 0 Å². The van der Waals surface area contributed by atoms with Crippen LogP contribution in [0.25, 0.3) is 0 Å². The zero-order valence-electron chi connectivity index (χ0n) is 10.7. The molecule has 2 rings (SSSR count). The quantitative estimate of drug-likeness (QED) is 0.725. The molecule has 2 heteroatoms. The van der Waals surface area contributed by atoms with Crippen LogP contribution in [-0.2, 0) is 0 Å². The van der Waals surface area contributed by atoms with Gasteiger partial charge in [-0.1, -0.05) is 33.6 Å². The number of rotatable bonds is 3. The normalized spacial score (nSPS) is 27.9. The molecule has 1 heterocycles. The van der Waals surface area contributed by atoms with Crippen molar-refractivity contribution < 1.29 is 0 Å². The van der Waals surface area contributed by atoms with Crippen molar-refractivity contribution in [2.45, 2.75) is 64.7 Å². The maximum atomic E-state index is 4.85. The average molecular weight is 237 g/mol. The fraction of sp³-hybridized carbons (Fsp3) is 0.786. The molecule has 0 aromatic carbocycles. The van der Waals surface area contributed by atoms with Crippen LogP contribution in [0.4, 0.5) is 0 Å². The predicted molar refractivity (Wildman–Crippen MR) is 71.2 cm³/mol. The summed E-state index contributed by atoms with van der Waals surface area (Å²) in [4.78, 5) is 4.85. The third-order valence-electron chi connectivity index (χ3n) is 4.02. The Morgan fingerprint density at radius 2 is 2.06 bits per heavy atom. The van der Waals surface area contributed by atoms with Crippen molar-refractivity contribution in [1.29, 1.82) is 0 Å². The van der Waals surface area contributed by atoms with E-state index in [1.807, 2.05) is 11.3 Å². The fourth-order valence-electron chi connectivity index (χ4n) is 2.43. The highest BCUT2D eigenvalue weighted by Gasteiger charge is 2.22.